The zero-order valence-corrected chi connectivity index (χ0v) is 16.0. The number of carbonyl (C=O) groups is 1. The second-order valence-electron chi connectivity index (χ2n) is 7.82. The number of para-hydroxylation sites is 1. The van der Waals surface area contributed by atoms with E-state index in [0.717, 1.165) is 24.1 Å². The molecule has 0 spiro atoms. The summed E-state index contributed by atoms with van der Waals surface area (Å²) in [5.41, 5.74) is 6.83. The summed E-state index contributed by atoms with van der Waals surface area (Å²) in [6.07, 6.45) is 0.902. The maximum Gasteiger partial charge on any atom is 0.254 e. The van der Waals surface area contributed by atoms with Crippen molar-refractivity contribution in [3.8, 4) is 0 Å². The molecule has 0 saturated heterocycles. The van der Waals surface area contributed by atoms with Gasteiger partial charge in [0.1, 0.15) is 0 Å². The van der Waals surface area contributed by atoms with Crippen molar-refractivity contribution in [2.75, 3.05) is 6.54 Å². The quantitative estimate of drug-likeness (QED) is 0.682. The summed E-state index contributed by atoms with van der Waals surface area (Å²) >= 11 is 0. The van der Waals surface area contributed by atoms with Gasteiger partial charge in [-0.1, -0.05) is 49.7 Å². The van der Waals surface area contributed by atoms with E-state index in [4.69, 9.17) is 0 Å². The van der Waals surface area contributed by atoms with Gasteiger partial charge in [0, 0.05) is 28.7 Å². The average Bonchev–Trinajstić information content (AvgIpc) is 2.98. The minimum absolute atomic E-state index is 0.0827. The molecule has 2 heterocycles. The van der Waals surface area contributed by atoms with Gasteiger partial charge in [-0.2, -0.15) is 0 Å². The monoisotopic (exact) mass is 346 g/mol. The molecule has 3 heteroatoms. The average molecular weight is 346 g/mol. The molecule has 0 fully saturated rings. The van der Waals surface area contributed by atoms with Gasteiger partial charge in [0.25, 0.3) is 5.91 Å². The Morgan fingerprint density at radius 3 is 2.65 bits per heavy atom. The number of carbonyl (C=O) groups excluding carboxylic acids is 1. The summed E-state index contributed by atoms with van der Waals surface area (Å²) in [7, 11) is 0. The summed E-state index contributed by atoms with van der Waals surface area (Å²) in [5.74, 6) is 0.488. The van der Waals surface area contributed by atoms with E-state index in [9.17, 15) is 4.79 Å². The standard InChI is InChI=1S/C23H26N2O/c1-14(2)22-21-19(18-7-5-6-8-20(18)24-21)11-12-25(22)23(26)17-10-9-15(3)13-16(17)4/h5-10,13-14,22,24H,11-12H2,1-4H3/t22-/m1/s1. The Morgan fingerprint density at radius 1 is 1.15 bits per heavy atom. The van der Waals surface area contributed by atoms with Crippen molar-refractivity contribution in [3.63, 3.8) is 0 Å². The Morgan fingerprint density at radius 2 is 1.92 bits per heavy atom. The number of benzene rings is 2. The predicted octanol–water partition coefficient (Wildman–Crippen LogP) is 5.18. The molecular formula is C23H26N2O. The molecule has 1 aliphatic heterocycles. The van der Waals surface area contributed by atoms with Crippen molar-refractivity contribution in [1.29, 1.82) is 0 Å². The van der Waals surface area contributed by atoms with Gasteiger partial charge in [0.15, 0.2) is 0 Å². The Kier molecular flexibility index (Phi) is 4.10. The van der Waals surface area contributed by atoms with Crippen LogP contribution in [0.4, 0.5) is 0 Å². The van der Waals surface area contributed by atoms with Gasteiger partial charge in [-0.25, -0.2) is 0 Å². The maximum atomic E-state index is 13.4. The minimum atomic E-state index is 0.0827. The van der Waals surface area contributed by atoms with Gasteiger partial charge in [0.2, 0.25) is 0 Å². The summed E-state index contributed by atoms with van der Waals surface area (Å²) in [6.45, 7) is 9.27. The predicted molar refractivity (Wildman–Crippen MR) is 107 cm³/mol. The highest BCUT2D eigenvalue weighted by atomic mass is 16.2. The van der Waals surface area contributed by atoms with E-state index < -0.39 is 0 Å². The van der Waals surface area contributed by atoms with Crippen molar-refractivity contribution < 1.29 is 4.79 Å². The first kappa shape index (κ1) is 16.9. The second-order valence-corrected chi connectivity index (χ2v) is 7.82. The number of aromatic amines is 1. The molecule has 0 aliphatic carbocycles. The van der Waals surface area contributed by atoms with Crippen molar-refractivity contribution in [2.45, 2.75) is 40.2 Å². The molecule has 0 bridgehead atoms. The molecule has 2 aromatic carbocycles. The largest absolute Gasteiger partial charge is 0.356 e. The lowest BCUT2D eigenvalue weighted by atomic mass is 9.89. The van der Waals surface area contributed by atoms with Gasteiger partial charge in [-0.3, -0.25) is 4.79 Å². The van der Waals surface area contributed by atoms with E-state index in [1.807, 2.05) is 19.1 Å². The Hall–Kier alpha value is -2.55. The van der Waals surface area contributed by atoms with Crippen molar-refractivity contribution in [2.24, 2.45) is 5.92 Å². The molecule has 1 aliphatic rings. The third kappa shape index (κ3) is 2.63. The molecule has 1 amide bonds. The highest BCUT2D eigenvalue weighted by Gasteiger charge is 2.35. The van der Waals surface area contributed by atoms with Crippen LogP contribution in [0.25, 0.3) is 10.9 Å². The lowest BCUT2D eigenvalue weighted by Gasteiger charge is -2.38. The first-order valence-electron chi connectivity index (χ1n) is 9.45. The van der Waals surface area contributed by atoms with Crippen LogP contribution in [0.15, 0.2) is 42.5 Å². The molecular weight excluding hydrogens is 320 g/mol. The molecule has 3 aromatic rings. The molecule has 3 nitrogen and oxygen atoms in total. The molecule has 4 rings (SSSR count). The van der Waals surface area contributed by atoms with Crippen LogP contribution >= 0.6 is 0 Å². The van der Waals surface area contributed by atoms with Gasteiger partial charge in [0.05, 0.1) is 6.04 Å². The summed E-state index contributed by atoms with van der Waals surface area (Å²) in [5, 5.41) is 1.30. The molecule has 26 heavy (non-hydrogen) atoms. The van der Waals surface area contributed by atoms with E-state index in [1.165, 1.54) is 27.7 Å². The zero-order chi connectivity index (χ0) is 18.4. The highest BCUT2D eigenvalue weighted by Crippen LogP contribution is 2.39. The van der Waals surface area contributed by atoms with Gasteiger partial charge in [-0.15, -0.1) is 0 Å². The number of fused-ring (bicyclic) bond motifs is 3. The Bertz CT molecular complexity index is 983. The fourth-order valence-corrected chi connectivity index (χ4v) is 4.40. The summed E-state index contributed by atoms with van der Waals surface area (Å²) < 4.78 is 0. The van der Waals surface area contributed by atoms with Crippen LogP contribution in [0.2, 0.25) is 0 Å². The second kappa shape index (κ2) is 6.31. The highest BCUT2D eigenvalue weighted by molar-refractivity contribution is 5.96. The summed E-state index contributed by atoms with van der Waals surface area (Å²) in [4.78, 5) is 19.1. The van der Waals surface area contributed by atoms with Gasteiger partial charge < -0.3 is 9.88 Å². The fraction of sp³-hybridized carbons (Fsp3) is 0.348. The molecule has 1 aromatic heterocycles. The maximum absolute atomic E-state index is 13.4. The smallest absolute Gasteiger partial charge is 0.254 e. The van der Waals surface area contributed by atoms with Gasteiger partial charge >= 0.3 is 0 Å². The number of hydrogen-bond acceptors (Lipinski definition) is 1. The minimum Gasteiger partial charge on any atom is -0.356 e. The van der Waals surface area contributed by atoms with E-state index in [2.05, 4.69) is 61.0 Å². The van der Waals surface area contributed by atoms with E-state index in [-0.39, 0.29) is 11.9 Å². The van der Waals surface area contributed by atoms with Crippen molar-refractivity contribution >= 4 is 16.8 Å². The van der Waals surface area contributed by atoms with Crippen LogP contribution in [0.1, 0.15) is 52.6 Å². The fourth-order valence-electron chi connectivity index (χ4n) is 4.40. The van der Waals surface area contributed by atoms with Crippen LogP contribution in [-0.2, 0) is 6.42 Å². The molecule has 0 unspecified atom stereocenters. The number of aromatic nitrogens is 1. The number of rotatable bonds is 2. The van der Waals surface area contributed by atoms with Gasteiger partial charge in [-0.05, 0) is 49.4 Å². The SMILES string of the molecule is Cc1ccc(C(=O)N2CCc3c([nH]c4ccccc34)[C@H]2C(C)C)c(C)c1. The number of H-pyrrole nitrogens is 1. The third-order valence-electron chi connectivity index (χ3n) is 5.59. The number of amides is 1. The van der Waals surface area contributed by atoms with E-state index in [0.29, 0.717) is 5.92 Å². The zero-order valence-electron chi connectivity index (χ0n) is 16.0. The van der Waals surface area contributed by atoms with Crippen LogP contribution in [0.3, 0.4) is 0 Å². The lowest BCUT2D eigenvalue weighted by Crippen LogP contribution is -2.42. The molecule has 0 radical (unpaired) electrons. The number of hydrogen-bond donors (Lipinski definition) is 1. The third-order valence-corrected chi connectivity index (χ3v) is 5.59. The number of nitrogens with one attached hydrogen (secondary N) is 1. The first-order valence-corrected chi connectivity index (χ1v) is 9.45. The van der Waals surface area contributed by atoms with E-state index in [1.54, 1.807) is 0 Å². The van der Waals surface area contributed by atoms with Crippen molar-refractivity contribution in [1.82, 2.24) is 9.88 Å². The van der Waals surface area contributed by atoms with Crippen LogP contribution in [0, 0.1) is 19.8 Å². The molecule has 134 valence electrons. The van der Waals surface area contributed by atoms with Crippen LogP contribution < -0.4 is 0 Å². The first-order chi connectivity index (χ1) is 12.5. The number of aryl methyl sites for hydroxylation is 2. The molecule has 1 atom stereocenters. The van der Waals surface area contributed by atoms with Crippen molar-refractivity contribution in [3.05, 3.63) is 70.4 Å². The Labute approximate surface area is 155 Å². The molecule has 1 N–H and O–H groups in total. The normalized spacial score (nSPS) is 17.0. The number of nitrogens with zero attached hydrogens (tertiary/aromatic N) is 1. The topological polar surface area (TPSA) is 36.1 Å². The lowest BCUT2D eigenvalue weighted by molar-refractivity contribution is 0.0598. The van der Waals surface area contributed by atoms with Crippen LogP contribution in [-0.4, -0.2) is 22.3 Å². The van der Waals surface area contributed by atoms with E-state index >= 15 is 0 Å². The Balaban J connectivity index is 1.79. The summed E-state index contributed by atoms with van der Waals surface area (Å²) in [6, 6.07) is 14.6. The van der Waals surface area contributed by atoms with Crippen LogP contribution in [0.5, 0.6) is 0 Å². The molecule has 0 saturated carbocycles.